The maximum atomic E-state index is 12.7. The largest absolute Gasteiger partial charge is 0.348 e. The molecule has 1 aliphatic carbocycles. The van der Waals surface area contributed by atoms with Crippen molar-refractivity contribution in [2.75, 3.05) is 23.4 Å². The van der Waals surface area contributed by atoms with Crippen molar-refractivity contribution in [2.24, 2.45) is 0 Å². The van der Waals surface area contributed by atoms with E-state index >= 15 is 0 Å². The first-order chi connectivity index (χ1) is 13.8. The van der Waals surface area contributed by atoms with Crippen LogP contribution in [0, 0.1) is 0 Å². The Morgan fingerprint density at radius 1 is 1.14 bits per heavy atom. The third kappa shape index (κ3) is 5.54. The number of carbonyl (C=O) groups excluding carboxylic acids is 1. The number of benzene rings is 2. The maximum absolute atomic E-state index is 12.7. The van der Waals surface area contributed by atoms with Crippen LogP contribution < -0.4 is 9.62 Å². The molecule has 156 valence electrons. The molecule has 2 aromatic carbocycles. The topological polar surface area (TPSA) is 66.5 Å². The van der Waals surface area contributed by atoms with Crippen LogP contribution in [0.1, 0.15) is 42.5 Å². The Bertz CT molecular complexity index is 989. The Kier molecular flexibility index (Phi) is 6.90. The van der Waals surface area contributed by atoms with Crippen molar-refractivity contribution in [3.8, 4) is 0 Å². The summed E-state index contributed by atoms with van der Waals surface area (Å²) in [7, 11) is -3.59. The van der Waals surface area contributed by atoms with E-state index in [9.17, 15) is 13.2 Å². The molecule has 0 aromatic heterocycles. The second-order valence-electron chi connectivity index (χ2n) is 7.50. The summed E-state index contributed by atoms with van der Waals surface area (Å²) in [4.78, 5) is 13.6. The molecule has 0 saturated heterocycles. The van der Waals surface area contributed by atoms with E-state index in [1.54, 1.807) is 18.2 Å². The average molecular weight is 433 g/mol. The molecule has 1 unspecified atom stereocenters. The third-order valence-corrected chi connectivity index (χ3v) is 7.14. The van der Waals surface area contributed by atoms with Crippen LogP contribution in [0.15, 0.2) is 47.4 Å². The van der Waals surface area contributed by atoms with Crippen molar-refractivity contribution in [3.63, 3.8) is 0 Å². The van der Waals surface area contributed by atoms with Gasteiger partial charge in [0, 0.05) is 4.90 Å². The van der Waals surface area contributed by atoms with Crippen LogP contribution in [0.5, 0.6) is 0 Å². The first kappa shape index (κ1) is 21.7. The molecule has 0 radical (unpaired) electrons. The summed E-state index contributed by atoms with van der Waals surface area (Å²) in [6.07, 6.45) is 7.69. The van der Waals surface area contributed by atoms with Gasteiger partial charge in [-0.15, -0.1) is 11.8 Å². The van der Waals surface area contributed by atoms with Gasteiger partial charge < -0.3 is 5.32 Å². The normalized spacial score (nSPS) is 14.7. The fourth-order valence-electron chi connectivity index (χ4n) is 3.69. The standard InChI is InChI=1S/C22H28N2O3S2/c1-16(18-12-11-17-7-4-5-8-19(17)13-18)23-22(25)15-24(29(3,26)27)20-9-6-10-21(14-20)28-2/h6,9-14,16H,4-5,7-8,15H2,1-3H3,(H,23,25). The first-order valence-electron chi connectivity index (χ1n) is 9.81. The number of sulfonamides is 1. The van der Waals surface area contributed by atoms with E-state index in [0.717, 1.165) is 33.9 Å². The fourth-order valence-corrected chi connectivity index (χ4v) is 4.99. The lowest BCUT2D eigenvalue weighted by molar-refractivity contribution is -0.120. The van der Waals surface area contributed by atoms with Crippen LogP contribution in [0.2, 0.25) is 0 Å². The summed E-state index contributed by atoms with van der Waals surface area (Å²) in [5.41, 5.74) is 4.31. The van der Waals surface area contributed by atoms with E-state index < -0.39 is 10.0 Å². The van der Waals surface area contributed by atoms with Gasteiger partial charge in [0.2, 0.25) is 15.9 Å². The van der Waals surface area contributed by atoms with Crippen molar-refractivity contribution in [1.29, 1.82) is 0 Å². The highest BCUT2D eigenvalue weighted by atomic mass is 32.2. The van der Waals surface area contributed by atoms with Gasteiger partial charge in [0.15, 0.2) is 0 Å². The Morgan fingerprint density at radius 2 is 1.86 bits per heavy atom. The van der Waals surface area contributed by atoms with E-state index in [1.807, 2.05) is 19.2 Å². The molecule has 2 aromatic rings. The van der Waals surface area contributed by atoms with Crippen molar-refractivity contribution >= 4 is 33.4 Å². The van der Waals surface area contributed by atoms with E-state index in [0.29, 0.717) is 5.69 Å². The number of anilines is 1. The van der Waals surface area contributed by atoms with Gasteiger partial charge in [-0.3, -0.25) is 9.10 Å². The minimum Gasteiger partial charge on any atom is -0.348 e. The Hall–Kier alpha value is -1.99. The van der Waals surface area contributed by atoms with Crippen LogP contribution >= 0.6 is 11.8 Å². The van der Waals surface area contributed by atoms with Crippen molar-refractivity contribution in [2.45, 2.75) is 43.5 Å². The quantitative estimate of drug-likeness (QED) is 0.673. The van der Waals surface area contributed by atoms with Gasteiger partial charge in [0.25, 0.3) is 0 Å². The average Bonchev–Trinajstić information content (AvgIpc) is 2.70. The van der Waals surface area contributed by atoms with Crippen LogP contribution in [-0.2, 0) is 27.7 Å². The van der Waals surface area contributed by atoms with Gasteiger partial charge in [-0.25, -0.2) is 8.42 Å². The minimum absolute atomic E-state index is 0.186. The van der Waals surface area contributed by atoms with Crippen molar-refractivity contribution in [1.82, 2.24) is 5.32 Å². The molecule has 3 rings (SSSR count). The molecular formula is C22H28N2O3S2. The predicted molar refractivity (Wildman–Crippen MR) is 120 cm³/mol. The Morgan fingerprint density at radius 3 is 2.55 bits per heavy atom. The molecule has 0 aliphatic heterocycles. The van der Waals surface area contributed by atoms with Gasteiger partial charge >= 0.3 is 0 Å². The highest BCUT2D eigenvalue weighted by Crippen LogP contribution is 2.26. The first-order valence-corrected chi connectivity index (χ1v) is 12.9. The molecule has 1 N–H and O–H groups in total. The van der Waals surface area contributed by atoms with E-state index in [2.05, 4.69) is 23.5 Å². The molecule has 0 heterocycles. The summed E-state index contributed by atoms with van der Waals surface area (Å²) in [6.45, 7) is 1.69. The minimum atomic E-state index is -3.59. The number of fused-ring (bicyclic) bond motifs is 1. The fraction of sp³-hybridized carbons (Fsp3) is 0.409. The number of rotatable bonds is 7. The molecule has 1 amide bonds. The molecule has 0 bridgehead atoms. The SMILES string of the molecule is CSc1cccc(N(CC(=O)NC(C)c2ccc3c(c2)CCCC3)S(C)(=O)=O)c1. The summed E-state index contributed by atoms with van der Waals surface area (Å²) >= 11 is 1.53. The second kappa shape index (κ2) is 9.22. The molecule has 1 aliphatic rings. The van der Waals surface area contributed by atoms with Crippen LogP contribution in [0.25, 0.3) is 0 Å². The second-order valence-corrected chi connectivity index (χ2v) is 10.3. The van der Waals surface area contributed by atoms with Gasteiger partial charge in [0.05, 0.1) is 18.0 Å². The maximum Gasteiger partial charge on any atom is 0.241 e. The Labute approximate surface area is 177 Å². The number of nitrogens with one attached hydrogen (secondary N) is 1. The number of carbonyl (C=O) groups is 1. The predicted octanol–water partition coefficient (Wildman–Crippen LogP) is 3.93. The van der Waals surface area contributed by atoms with Crippen molar-refractivity contribution in [3.05, 3.63) is 59.2 Å². The number of nitrogens with zero attached hydrogens (tertiary/aromatic N) is 1. The zero-order chi connectivity index (χ0) is 21.0. The van der Waals surface area contributed by atoms with Crippen LogP contribution in [0.3, 0.4) is 0 Å². The van der Waals surface area contributed by atoms with E-state index in [4.69, 9.17) is 0 Å². The molecule has 0 spiro atoms. The monoisotopic (exact) mass is 432 g/mol. The molecule has 1 atom stereocenters. The number of aryl methyl sites for hydroxylation is 2. The lowest BCUT2D eigenvalue weighted by Crippen LogP contribution is -2.41. The molecule has 29 heavy (non-hydrogen) atoms. The molecular weight excluding hydrogens is 404 g/mol. The summed E-state index contributed by atoms with van der Waals surface area (Å²) < 4.78 is 25.8. The number of amides is 1. The van der Waals surface area contributed by atoms with Crippen molar-refractivity contribution < 1.29 is 13.2 Å². The number of hydrogen-bond acceptors (Lipinski definition) is 4. The molecule has 7 heteroatoms. The molecule has 5 nitrogen and oxygen atoms in total. The van der Waals surface area contributed by atoms with E-state index in [1.165, 1.54) is 35.7 Å². The number of thioether (sulfide) groups is 1. The summed E-state index contributed by atoms with van der Waals surface area (Å²) in [5.74, 6) is -0.324. The zero-order valence-corrected chi connectivity index (χ0v) is 18.8. The van der Waals surface area contributed by atoms with Gasteiger partial charge in [-0.2, -0.15) is 0 Å². The van der Waals surface area contributed by atoms with Crippen LogP contribution in [-0.4, -0.2) is 33.4 Å². The van der Waals surface area contributed by atoms with Crippen LogP contribution in [0.4, 0.5) is 5.69 Å². The van der Waals surface area contributed by atoms with Gasteiger partial charge in [0.1, 0.15) is 6.54 Å². The highest BCUT2D eigenvalue weighted by molar-refractivity contribution is 7.98. The molecule has 0 fully saturated rings. The third-order valence-electron chi connectivity index (χ3n) is 5.28. The Balaban J connectivity index is 1.73. The summed E-state index contributed by atoms with van der Waals surface area (Å²) in [5, 5.41) is 2.95. The number of hydrogen-bond donors (Lipinski definition) is 1. The van der Waals surface area contributed by atoms with Gasteiger partial charge in [-0.05, 0) is 73.8 Å². The van der Waals surface area contributed by atoms with E-state index in [-0.39, 0.29) is 18.5 Å². The summed E-state index contributed by atoms with van der Waals surface area (Å²) in [6, 6.07) is 13.4. The highest BCUT2D eigenvalue weighted by Gasteiger charge is 2.22. The zero-order valence-electron chi connectivity index (χ0n) is 17.1. The lowest BCUT2D eigenvalue weighted by atomic mass is 9.89. The smallest absolute Gasteiger partial charge is 0.241 e. The molecule has 0 saturated carbocycles. The lowest BCUT2D eigenvalue weighted by Gasteiger charge is -2.24. The van der Waals surface area contributed by atoms with Gasteiger partial charge in [-0.1, -0.05) is 24.3 Å².